The van der Waals surface area contributed by atoms with E-state index in [2.05, 4.69) is 9.97 Å². The molecule has 3 N–H and O–H groups in total. The smallest absolute Gasteiger partial charge is 0.335 e. The third kappa shape index (κ3) is 3.84. The summed E-state index contributed by atoms with van der Waals surface area (Å²) in [5.41, 5.74) is 6.80. The molecule has 2 aromatic carbocycles. The van der Waals surface area contributed by atoms with Crippen molar-refractivity contribution in [3.05, 3.63) is 87.8 Å². The lowest BCUT2D eigenvalue weighted by molar-refractivity contribution is 0.0696. The molecule has 0 unspecified atom stereocenters. The average Bonchev–Trinajstić information content (AvgIpc) is 2.74. The van der Waals surface area contributed by atoms with Crippen LogP contribution in [-0.4, -0.2) is 31.5 Å². The number of carbonyl (C=O) groups excluding carboxylic acids is 1. The van der Waals surface area contributed by atoms with Crippen molar-refractivity contribution in [2.24, 2.45) is 5.73 Å². The summed E-state index contributed by atoms with van der Waals surface area (Å²) in [5.74, 6) is -1.27. The standard InChI is InChI=1S/C22H16N4O5/c1-12-17-10-11-18(27)26(15-6-2-13(3-7-15)19(23)28)20(17)25-22(24-12)31-16-8-4-14(5-9-16)21(29)30/h2-11H,1H3,(H2,23,28)(H,29,30). The number of carboxylic acids is 1. The molecular formula is C22H16N4O5. The molecule has 0 spiro atoms. The predicted octanol–water partition coefficient (Wildman–Crippen LogP) is 2.68. The van der Waals surface area contributed by atoms with Gasteiger partial charge < -0.3 is 15.6 Å². The van der Waals surface area contributed by atoms with Crippen LogP contribution < -0.4 is 16.0 Å². The topological polar surface area (TPSA) is 137 Å². The number of aromatic carboxylic acids is 1. The maximum absolute atomic E-state index is 12.6. The van der Waals surface area contributed by atoms with Gasteiger partial charge >= 0.3 is 12.0 Å². The van der Waals surface area contributed by atoms with E-state index in [-0.39, 0.29) is 17.1 Å². The van der Waals surface area contributed by atoms with Crippen LogP contribution in [-0.2, 0) is 0 Å². The number of amides is 1. The first kappa shape index (κ1) is 19.8. The van der Waals surface area contributed by atoms with Crippen molar-refractivity contribution in [1.82, 2.24) is 14.5 Å². The Balaban J connectivity index is 1.81. The molecule has 0 saturated carbocycles. The summed E-state index contributed by atoms with van der Waals surface area (Å²) in [5, 5.41) is 9.65. The second-order valence-electron chi connectivity index (χ2n) is 6.68. The zero-order chi connectivity index (χ0) is 22.1. The first-order chi connectivity index (χ1) is 14.8. The number of primary amides is 1. The molecule has 0 aliphatic rings. The van der Waals surface area contributed by atoms with Gasteiger partial charge in [-0.15, -0.1) is 0 Å². The third-order valence-electron chi connectivity index (χ3n) is 4.64. The van der Waals surface area contributed by atoms with E-state index in [1.54, 1.807) is 25.1 Å². The number of aryl methyl sites for hydroxylation is 1. The van der Waals surface area contributed by atoms with E-state index >= 15 is 0 Å². The van der Waals surface area contributed by atoms with Crippen molar-refractivity contribution in [1.29, 1.82) is 0 Å². The fraction of sp³-hybridized carbons (Fsp3) is 0.0455. The second kappa shape index (κ2) is 7.71. The van der Waals surface area contributed by atoms with Gasteiger partial charge in [0.1, 0.15) is 5.75 Å². The molecule has 0 saturated heterocycles. The molecule has 2 aromatic heterocycles. The van der Waals surface area contributed by atoms with E-state index in [0.29, 0.717) is 33.7 Å². The largest absolute Gasteiger partial charge is 0.478 e. The molecule has 2 heterocycles. The minimum absolute atomic E-state index is 0.00109. The predicted molar refractivity (Wildman–Crippen MR) is 112 cm³/mol. The van der Waals surface area contributed by atoms with E-state index < -0.39 is 11.9 Å². The number of hydrogen-bond acceptors (Lipinski definition) is 6. The van der Waals surface area contributed by atoms with Gasteiger partial charge in [-0.05, 0) is 61.5 Å². The van der Waals surface area contributed by atoms with Gasteiger partial charge in [-0.1, -0.05) is 0 Å². The number of carbonyl (C=O) groups is 2. The number of benzene rings is 2. The molecule has 1 amide bonds. The van der Waals surface area contributed by atoms with Gasteiger partial charge in [-0.2, -0.15) is 9.97 Å². The number of hydrogen-bond donors (Lipinski definition) is 2. The zero-order valence-corrected chi connectivity index (χ0v) is 16.3. The molecule has 0 aliphatic heterocycles. The van der Waals surface area contributed by atoms with E-state index in [4.69, 9.17) is 15.6 Å². The lowest BCUT2D eigenvalue weighted by Crippen LogP contribution is -2.19. The van der Waals surface area contributed by atoms with E-state index in [1.165, 1.54) is 47.0 Å². The van der Waals surface area contributed by atoms with Gasteiger partial charge in [0.05, 0.1) is 16.9 Å². The van der Waals surface area contributed by atoms with Gasteiger partial charge in [-0.3, -0.25) is 14.2 Å². The highest BCUT2D eigenvalue weighted by Gasteiger charge is 2.14. The van der Waals surface area contributed by atoms with E-state index in [9.17, 15) is 14.4 Å². The number of nitrogens with two attached hydrogens (primary N) is 1. The first-order valence-corrected chi connectivity index (χ1v) is 9.15. The Hall–Kier alpha value is -4.53. The molecule has 0 radical (unpaired) electrons. The summed E-state index contributed by atoms with van der Waals surface area (Å²) in [6.07, 6.45) is 0. The SMILES string of the molecule is Cc1nc(Oc2ccc(C(=O)O)cc2)nc2c1ccc(=O)n2-c1ccc(C(N)=O)cc1. The highest BCUT2D eigenvalue weighted by Crippen LogP contribution is 2.24. The Morgan fingerprint density at radius 1 is 0.935 bits per heavy atom. The minimum atomic E-state index is -1.05. The fourth-order valence-corrected chi connectivity index (χ4v) is 3.08. The second-order valence-corrected chi connectivity index (χ2v) is 6.68. The molecule has 9 heteroatoms. The van der Waals surface area contributed by atoms with Crippen molar-refractivity contribution in [3.63, 3.8) is 0 Å². The summed E-state index contributed by atoms with van der Waals surface area (Å²) in [6, 6.07) is 15.1. The van der Waals surface area contributed by atoms with Crippen LogP contribution >= 0.6 is 0 Å². The summed E-state index contributed by atoms with van der Waals surface area (Å²) in [7, 11) is 0. The lowest BCUT2D eigenvalue weighted by atomic mass is 10.2. The molecule has 4 aromatic rings. The molecule has 0 atom stereocenters. The monoisotopic (exact) mass is 416 g/mol. The third-order valence-corrected chi connectivity index (χ3v) is 4.64. The molecule has 0 aliphatic carbocycles. The number of rotatable bonds is 5. The number of nitrogens with zero attached hydrogens (tertiary/aromatic N) is 3. The normalized spacial score (nSPS) is 10.7. The number of fused-ring (bicyclic) bond motifs is 1. The molecule has 0 fully saturated rings. The van der Waals surface area contributed by atoms with Crippen LogP contribution in [0.1, 0.15) is 26.4 Å². The highest BCUT2D eigenvalue weighted by atomic mass is 16.5. The Bertz CT molecular complexity index is 1380. The van der Waals surface area contributed by atoms with Crippen molar-refractivity contribution in [3.8, 4) is 17.4 Å². The van der Waals surface area contributed by atoms with Crippen LogP contribution in [0.15, 0.2) is 65.5 Å². The highest BCUT2D eigenvalue weighted by molar-refractivity contribution is 5.93. The average molecular weight is 416 g/mol. The fourth-order valence-electron chi connectivity index (χ4n) is 3.08. The molecular weight excluding hydrogens is 400 g/mol. The summed E-state index contributed by atoms with van der Waals surface area (Å²) >= 11 is 0. The van der Waals surface area contributed by atoms with Crippen molar-refractivity contribution < 1.29 is 19.4 Å². The molecule has 9 nitrogen and oxygen atoms in total. The zero-order valence-electron chi connectivity index (χ0n) is 16.3. The number of pyridine rings is 1. The number of carboxylic acid groups (broad SMARTS) is 1. The first-order valence-electron chi connectivity index (χ1n) is 9.15. The van der Waals surface area contributed by atoms with Gasteiger partial charge in [0.25, 0.3) is 5.56 Å². The Morgan fingerprint density at radius 3 is 2.19 bits per heavy atom. The van der Waals surface area contributed by atoms with Crippen molar-refractivity contribution >= 4 is 22.9 Å². The minimum Gasteiger partial charge on any atom is -0.478 e. The van der Waals surface area contributed by atoms with Crippen LogP contribution in [0.3, 0.4) is 0 Å². The number of ether oxygens (including phenoxy) is 1. The number of aromatic nitrogens is 3. The van der Waals surface area contributed by atoms with Gasteiger partial charge in [0.2, 0.25) is 5.91 Å². The summed E-state index contributed by atoms with van der Waals surface area (Å²) < 4.78 is 7.08. The molecule has 4 rings (SSSR count). The van der Waals surface area contributed by atoms with E-state index in [0.717, 1.165) is 0 Å². The van der Waals surface area contributed by atoms with Crippen LogP contribution in [0.25, 0.3) is 16.7 Å². The van der Waals surface area contributed by atoms with Gasteiger partial charge in [-0.25, -0.2) is 4.79 Å². The van der Waals surface area contributed by atoms with Crippen LogP contribution in [0.5, 0.6) is 11.8 Å². The quantitative estimate of drug-likeness (QED) is 0.510. The van der Waals surface area contributed by atoms with Crippen LogP contribution in [0.2, 0.25) is 0 Å². The summed E-state index contributed by atoms with van der Waals surface area (Å²) in [6.45, 7) is 1.76. The van der Waals surface area contributed by atoms with Gasteiger partial charge in [0.15, 0.2) is 5.65 Å². The molecule has 154 valence electrons. The van der Waals surface area contributed by atoms with Crippen molar-refractivity contribution in [2.75, 3.05) is 0 Å². The summed E-state index contributed by atoms with van der Waals surface area (Å²) in [4.78, 5) is 43.7. The van der Waals surface area contributed by atoms with Gasteiger partial charge in [0, 0.05) is 17.0 Å². The molecule has 31 heavy (non-hydrogen) atoms. The Kier molecular flexibility index (Phi) is 4.92. The maximum atomic E-state index is 12.6. The Morgan fingerprint density at radius 2 is 1.58 bits per heavy atom. The maximum Gasteiger partial charge on any atom is 0.335 e. The lowest BCUT2D eigenvalue weighted by Gasteiger charge is -2.12. The van der Waals surface area contributed by atoms with Crippen molar-refractivity contribution in [2.45, 2.75) is 6.92 Å². The Labute approximate surface area is 175 Å². The molecule has 0 bridgehead atoms. The van der Waals surface area contributed by atoms with Crippen LogP contribution in [0, 0.1) is 6.92 Å². The van der Waals surface area contributed by atoms with Crippen LogP contribution in [0.4, 0.5) is 0 Å². The van der Waals surface area contributed by atoms with E-state index in [1.807, 2.05) is 0 Å².